The average molecular weight is 449 g/mol. The number of hydrogen-bond acceptors (Lipinski definition) is 4. The molecule has 0 bridgehead atoms. The van der Waals surface area contributed by atoms with Gasteiger partial charge in [-0.15, -0.1) is 0 Å². The lowest BCUT2D eigenvalue weighted by Gasteiger charge is -2.18. The lowest BCUT2D eigenvalue weighted by atomic mass is 10.1. The van der Waals surface area contributed by atoms with Gasteiger partial charge in [0.2, 0.25) is 0 Å². The highest BCUT2D eigenvalue weighted by Gasteiger charge is 2.38. The maximum Gasteiger partial charge on any atom is 0.490 e. The Labute approximate surface area is 181 Å². The Morgan fingerprint density at radius 1 is 1.19 bits per heavy atom. The van der Waals surface area contributed by atoms with E-state index in [1.54, 1.807) is 0 Å². The first-order valence-corrected chi connectivity index (χ1v) is 9.72. The summed E-state index contributed by atoms with van der Waals surface area (Å²) >= 11 is 0. The minimum absolute atomic E-state index is 0.0619. The van der Waals surface area contributed by atoms with Crippen molar-refractivity contribution in [1.29, 1.82) is 0 Å². The van der Waals surface area contributed by atoms with Crippen LogP contribution in [0.2, 0.25) is 0 Å². The number of nitrogens with one attached hydrogen (secondary N) is 2. The molecule has 0 atom stereocenters. The molecule has 0 saturated heterocycles. The van der Waals surface area contributed by atoms with E-state index in [9.17, 15) is 18.0 Å². The largest absolute Gasteiger partial charge is 0.491 e. The van der Waals surface area contributed by atoms with E-state index in [0.717, 1.165) is 18.7 Å². The van der Waals surface area contributed by atoms with Gasteiger partial charge < -0.3 is 20.1 Å². The SMILES string of the molecule is CN(Cc1ccc2c(c1)C(=O)NCCO2)Cc1cccc2cc[nH]c12.O=C(O)C(F)(F)F. The number of rotatable bonds is 4. The summed E-state index contributed by atoms with van der Waals surface area (Å²) in [4.78, 5) is 26.6. The number of aliphatic carboxylic acids is 1. The predicted octanol–water partition coefficient (Wildman–Crippen LogP) is 3.56. The van der Waals surface area contributed by atoms with Gasteiger partial charge >= 0.3 is 12.1 Å². The number of aromatic amines is 1. The first-order chi connectivity index (χ1) is 15.1. The second-order valence-electron chi connectivity index (χ2n) is 7.27. The molecule has 32 heavy (non-hydrogen) atoms. The summed E-state index contributed by atoms with van der Waals surface area (Å²) in [5.74, 6) is -2.15. The van der Waals surface area contributed by atoms with Crippen molar-refractivity contribution >= 4 is 22.8 Å². The summed E-state index contributed by atoms with van der Waals surface area (Å²) in [6, 6.07) is 14.3. The zero-order valence-corrected chi connectivity index (χ0v) is 17.2. The Balaban J connectivity index is 0.000000360. The van der Waals surface area contributed by atoms with Gasteiger partial charge in [0.05, 0.1) is 12.1 Å². The molecule has 0 fully saturated rings. The van der Waals surface area contributed by atoms with E-state index in [0.29, 0.717) is 24.5 Å². The van der Waals surface area contributed by atoms with Crippen molar-refractivity contribution in [2.24, 2.45) is 0 Å². The van der Waals surface area contributed by atoms with Crippen LogP contribution in [0.3, 0.4) is 0 Å². The zero-order chi connectivity index (χ0) is 23.3. The zero-order valence-electron chi connectivity index (χ0n) is 17.2. The van der Waals surface area contributed by atoms with Gasteiger partial charge in [-0.3, -0.25) is 9.69 Å². The molecule has 2 aromatic carbocycles. The lowest BCUT2D eigenvalue weighted by molar-refractivity contribution is -0.192. The number of aromatic nitrogens is 1. The number of halogens is 3. The van der Waals surface area contributed by atoms with Crippen LogP contribution >= 0.6 is 0 Å². The van der Waals surface area contributed by atoms with E-state index in [1.807, 2.05) is 24.4 Å². The summed E-state index contributed by atoms with van der Waals surface area (Å²) in [6.07, 6.45) is -3.11. The number of carbonyl (C=O) groups excluding carboxylic acids is 1. The first kappa shape index (κ1) is 23.1. The number of ether oxygens (including phenoxy) is 1. The third-order valence-corrected chi connectivity index (χ3v) is 4.74. The van der Waals surface area contributed by atoms with Crippen molar-refractivity contribution in [2.75, 3.05) is 20.2 Å². The number of carboxylic acid groups (broad SMARTS) is 1. The van der Waals surface area contributed by atoms with Crippen LogP contribution in [0, 0.1) is 0 Å². The van der Waals surface area contributed by atoms with Gasteiger partial charge in [0, 0.05) is 24.8 Å². The molecule has 0 spiro atoms. The second kappa shape index (κ2) is 9.73. The fraction of sp³-hybridized carbons (Fsp3) is 0.273. The van der Waals surface area contributed by atoms with Crippen molar-refractivity contribution in [2.45, 2.75) is 19.3 Å². The average Bonchev–Trinajstić information content (AvgIpc) is 3.14. The Morgan fingerprint density at radius 3 is 2.66 bits per heavy atom. The van der Waals surface area contributed by atoms with Crippen molar-refractivity contribution < 1.29 is 32.6 Å². The molecule has 1 aliphatic rings. The van der Waals surface area contributed by atoms with E-state index in [1.165, 1.54) is 16.5 Å². The maximum absolute atomic E-state index is 12.1. The van der Waals surface area contributed by atoms with Crippen LogP contribution in [0.1, 0.15) is 21.5 Å². The summed E-state index contributed by atoms with van der Waals surface area (Å²) in [5, 5.41) is 11.2. The lowest BCUT2D eigenvalue weighted by Crippen LogP contribution is -2.24. The van der Waals surface area contributed by atoms with Crippen LogP contribution in [0.25, 0.3) is 10.9 Å². The first-order valence-electron chi connectivity index (χ1n) is 9.72. The number of carbonyl (C=O) groups is 2. The van der Waals surface area contributed by atoms with Crippen molar-refractivity contribution in [3.05, 3.63) is 65.4 Å². The molecule has 0 unspecified atom stereocenters. The van der Waals surface area contributed by atoms with Gasteiger partial charge in [-0.05, 0) is 41.8 Å². The number of nitrogens with zero attached hydrogens (tertiary/aromatic N) is 1. The van der Waals surface area contributed by atoms with Crippen LogP contribution in [-0.2, 0) is 17.9 Å². The van der Waals surface area contributed by atoms with E-state index in [4.69, 9.17) is 14.6 Å². The van der Waals surface area contributed by atoms with Crippen molar-refractivity contribution in [1.82, 2.24) is 15.2 Å². The quantitative estimate of drug-likeness (QED) is 0.566. The Bertz CT molecular complexity index is 1110. The minimum Gasteiger partial charge on any atom is -0.491 e. The predicted molar refractivity (Wildman–Crippen MR) is 111 cm³/mol. The highest BCUT2D eigenvalue weighted by atomic mass is 19.4. The Kier molecular flexibility index (Phi) is 7.04. The monoisotopic (exact) mass is 449 g/mol. The molecule has 0 saturated carbocycles. The van der Waals surface area contributed by atoms with E-state index < -0.39 is 12.1 Å². The molecule has 1 aliphatic heterocycles. The third-order valence-electron chi connectivity index (χ3n) is 4.74. The molecule has 10 heteroatoms. The number of amides is 1. The van der Waals surface area contributed by atoms with Crippen LogP contribution in [0.5, 0.6) is 5.75 Å². The van der Waals surface area contributed by atoms with Gasteiger partial charge in [-0.1, -0.05) is 24.3 Å². The highest BCUT2D eigenvalue weighted by molar-refractivity contribution is 5.97. The summed E-state index contributed by atoms with van der Waals surface area (Å²) in [6.45, 7) is 2.65. The van der Waals surface area contributed by atoms with Crippen molar-refractivity contribution in [3.8, 4) is 5.75 Å². The molecule has 2 heterocycles. The molecule has 1 amide bonds. The number of para-hydroxylation sites is 1. The van der Waals surface area contributed by atoms with Crippen LogP contribution < -0.4 is 10.1 Å². The van der Waals surface area contributed by atoms with E-state index in [2.05, 4.69) is 46.5 Å². The topological polar surface area (TPSA) is 94.7 Å². The molecule has 1 aromatic heterocycles. The maximum atomic E-state index is 12.1. The normalized spacial score (nSPS) is 13.5. The Hall–Kier alpha value is -3.53. The summed E-state index contributed by atoms with van der Waals surface area (Å²) in [5.41, 5.74) is 4.17. The van der Waals surface area contributed by atoms with Crippen LogP contribution in [-0.4, -0.2) is 53.2 Å². The molecule has 3 N–H and O–H groups in total. The van der Waals surface area contributed by atoms with Crippen LogP contribution in [0.4, 0.5) is 13.2 Å². The molecule has 170 valence electrons. The molecular weight excluding hydrogens is 427 g/mol. The number of H-pyrrole nitrogens is 1. The summed E-state index contributed by atoms with van der Waals surface area (Å²) < 4.78 is 37.3. The number of benzene rings is 2. The standard InChI is InChI=1S/C20H21N3O2.C2HF3O2/c1-23(13-16-4-2-3-15-7-8-21-19(15)16)12-14-5-6-18-17(11-14)20(24)22-9-10-25-18;3-2(4,5)1(6)7/h2-8,11,21H,9-10,12-13H2,1H3,(H,22,24);(H,6,7). The molecular formula is C22H22F3N3O4. The fourth-order valence-electron chi connectivity index (χ4n) is 3.34. The Morgan fingerprint density at radius 2 is 1.94 bits per heavy atom. The van der Waals surface area contributed by atoms with Gasteiger partial charge in [-0.25, -0.2) is 4.79 Å². The molecule has 4 rings (SSSR count). The molecule has 0 radical (unpaired) electrons. The van der Waals surface area contributed by atoms with Gasteiger partial charge in [0.1, 0.15) is 12.4 Å². The number of hydrogen-bond donors (Lipinski definition) is 3. The smallest absolute Gasteiger partial charge is 0.490 e. The second-order valence-corrected chi connectivity index (χ2v) is 7.27. The van der Waals surface area contributed by atoms with E-state index in [-0.39, 0.29) is 5.91 Å². The van der Waals surface area contributed by atoms with Crippen LogP contribution in [0.15, 0.2) is 48.7 Å². The number of carboxylic acids is 1. The summed E-state index contributed by atoms with van der Waals surface area (Å²) in [7, 11) is 2.09. The fourth-order valence-corrected chi connectivity index (χ4v) is 3.34. The number of alkyl halides is 3. The van der Waals surface area contributed by atoms with E-state index >= 15 is 0 Å². The van der Waals surface area contributed by atoms with Gasteiger partial charge in [-0.2, -0.15) is 13.2 Å². The van der Waals surface area contributed by atoms with Crippen molar-refractivity contribution in [3.63, 3.8) is 0 Å². The third kappa shape index (κ3) is 5.79. The van der Waals surface area contributed by atoms with Gasteiger partial charge in [0.25, 0.3) is 5.91 Å². The number of fused-ring (bicyclic) bond motifs is 2. The minimum atomic E-state index is -5.08. The highest BCUT2D eigenvalue weighted by Crippen LogP contribution is 2.23. The molecule has 0 aliphatic carbocycles. The molecule has 3 aromatic rings. The molecule has 7 nitrogen and oxygen atoms in total. The van der Waals surface area contributed by atoms with Gasteiger partial charge in [0.15, 0.2) is 0 Å².